The SMILES string of the molecule is C#Cc1ccccc1C(C(=O)Nc1ccccc1C)N(C(=O)C(CCC(N)=O)NC(=O)OC(C)(C)C)C(C)CCC(C)C. The minimum Gasteiger partial charge on any atom is -0.444 e. The Hall–Kier alpha value is -4.32. The van der Waals surface area contributed by atoms with Gasteiger partial charge in [0.05, 0.1) is 0 Å². The lowest BCUT2D eigenvalue weighted by molar-refractivity contribution is -0.143. The molecule has 4 N–H and O–H groups in total. The van der Waals surface area contributed by atoms with Crippen molar-refractivity contribution in [3.63, 3.8) is 0 Å². The van der Waals surface area contributed by atoms with Gasteiger partial charge in [-0.25, -0.2) is 4.79 Å². The summed E-state index contributed by atoms with van der Waals surface area (Å²) in [6, 6.07) is 11.5. The minimum atomic E-state index is -1.20. The van der Waals surface area contributed by atoms with E-state index in [0.717, 1.165) is 12.0 Å². The highest BCUT2D eigenvalue weighted by Gasteiger charge is 2.40. The Morgan fingerprint density at radius 1 is 0.977 bits per heavy atom. The average Bonchev–Trinajstić information content (AvgIpc) is 2.92. The average molecular weight is 591 g/mol. The van der Waals surface area contributed by atoms with Crippen molar-refractivity contribution in [2.24, 2.45) is 11.7 Å². The van der Waals surface area contributed by atoms with Gasteiger partial charge >= 0.3 is 6.09 Å². The molecule has 9 heteroatoms. The first-order valence-corrected chi connectivity index (χ1v) is 14.7. The van der Waals surface area contributed by atoms with Crippen molar-refractivity contribution in [1.29, 1.82) is 0 Å². The van der Waals surface area contributed by atoms with Gasteiger partial charge in [0.15, 0.2) is 0 Å². The van der Waals surface area contributed by atoms with Crippen LogP contribution in [0, 0.1) is 25.2 Å². The van der Waals surface area contributed by atoms with Gasteiger partial charge in [0.1, 0.15) is 17.7 Å². The van der Waals surface area contributed by atoms with Gasteiger partial charge in [-0.2, -0.15) is 0 Å². The van der Waals surface area contributed by atoms with Crippen molar-refractivity contribution in [3.8, 4) is 12.3 Å². The number of amides is 4. The standard InChI is InChI=1S/C34H46N4O5/c1-9-25-15-11-12-16-26(25)30(31(40)36-27-17-13-10-14-23(27)4)38(24(5)19-18-22(2)3)32(41)28(20-21-29(35)39)37-33(42)43-34(6,7)8/h1,10-17,22,24,28,30H,18-21H2,2-8H3,(H2,35,39)(H,36,40)(H,37,42). The number of carbonyl (C=O) groups excluding carboxylic acids is 4. The number of hydrogen-bond donors (Lipinski definition) is 3. The monoisotopic (exact) mass is 590 g/mol. The fourth-order valence-corrected chi connectivity index (χ4v) is 4.68. The zero-order chi connectivity index (χ0) is 32.3. The third-order valence-electron chi connectivity index (χ3n) is 6.90. The minimum absolute atomic E-state index is 0.0796. The van der Waals surface area contributed by atoms with E-state index < -0.39 is 47.5 Å². The molecule has 0 fully saturated rings. The van der Waals surface area contributed by atoms with Gasteiger partial charge in [-0.3, -0.25) is 14.4 Å². The predicted molar refractivity (Wildman–Crippen MR) is 169 cm³/mol. The van der Waals surface area contributed by atoms with Crippen LogP contribution in [0.5, 0.6) is 0 Å². The van der Waals surface area contributed by atoms with E-state index in [1.165, 1.54) is 4.90 Å². The van der Waals surface area contributed by atoms with Gasteiger partial charge in [-0.05, 0) is 83.1 Å². The quantitative estimate of drug-likeness (QED) is 0.266. The molecule has 232 valence electrons. The molecule has 0 aromatic heterocycles. The molecule has 0 saturated heterocycles. The van der Waals surface area contributed by atoms with Crippen LogP contribution in [-0.2, 0) is 19.1 Å². The Morgan fingerprint density at radius 2 is 1.60 bits per heavy atom. The maximum atomic E-state index is 14.6. The molecule has 9 nitrogen and oxygen atoms in total. The summed E-state index contributed by atoms with van der Waals surface area (Å²) in [5, 5.41) is 5.62. The summed E-state index contributed by atoms with van der Waals surface area (Å²) in [5.74, 6) is 1.33. The van der Waals surface area contributed by atoms with E-state index >= 15 is 0 Å². The highest BCUT2D eigenvalue weighted by molar-refractivity contribution is 6.00. The Balaban J connectivity index is 2.71. The van der Waals surface area contributed by atoms with E-state index in [0.29, 0.717) is 29.2 Å². The zero-order valence-electron chi connectivity index (χ0n) is 26.4. The number of ether oxygens (including phenoxy) is 1. The number of aryl methyl sites for hydroxylation is 1. The van der Waals surface area contributed by atoms with E-state index in [1.54, 1.807) is 51.1 Å². The van der Waals surface area contributed by atoms with Gasteiger partial charge in [0.25, 0.3) is 5.91 Å². The molecule has 2 rings (SSSR count). The molecule has 3 unspecified atom stereocenters. The van der Waals surface area contributed by atoms with Crippen LogP contribution in [0.2, 0.25) is 0 Å². The number of nitrogens with zero attached hydrogens (tertiary/aromatic N) is 1. The Kier molecular flexibility index (Phi) is 12.8. The maximum absolute atomic E-state index is 14.6. The molecule has 0 aliphatic carbocycles. The smallest absolute Gasteiger partial charge is 0.408 e. The molecule has 0 heterocycles. The summed E-state index contributed by atoms with van der Waals surface area (Å²) in [6.07, 6.45) is 6.15. The third kappa shape index (κ3) is 10.8. The molecular weight excluding hydrogens is 544 g/mol. The van der Waals surface area contributed by atoms with Crippen molar-refractivity contribution < 1.29 is 23.9 Å². The fourth-order valence-electron chi connectivity index (χ4n) is 4.68. The van der Waals surface area contributed by atoms with Crippen molar-refractivity contribution in [2.75, 3.05) is 5.32 Å². The van der Waals surface area contributed by atoms with Crippen LogP contribution in [-0.4, -0.2) is 46.4 Å². The molecule has 4 amide bonds. The van der Waals surface area contributed by atoms with Crippen LogP contribution >= 0.6 is 0 Å². The summed E-state index contributed by atoms with van der Waals surface area (Å²) < 4.78 is 5.42. The number of para-hydroxylation sites is 1. The molecule has 43 heavy (non-hydrogen) atoms. The molecule has 0 spiro atoms. The first-order valence-electron chi connectivity index (χ1n) is 14.7. The van der Waals surface area contributed by atoms with Crippen LogP contribution in [0.4, 0.5) is 10.5 Å². The third-order valence-corrected chi connectivity index (χ3v) is 6.90. The van der Waals surface area contributed by atoms with E-state index in [-0.39, 0.29) is 12.8 Å². The number of benzene rings is 2. The largest absolute Gasteiger partial charge is 0.444 e. The number of alkyl carbamates (subject to hydrolysis) is 1. The molecule has 0 saturated carbocycles. The second kappa shape index (κ2) is 15.8. The molecule has 3 atom stereocenters. The van der Waals surface area contributed by atoms with Crippen LogP contribution in [0.25, 0.3) is 0 Å². The molecule has 0 aliphatic heterocycles. The van der Waals surface area contributed by atoms with Gasteiger partial charge in [-0.15, -0.1) is 6.42 Å². The van der Waals surface area contributed by atoms with Crippen LogP contribution in [0.1, 0.15) is 90.0 Å². The number of nitrogens with two attached hydrogens (primary N) is 1. The van der Waals surface area contributed by atoms with E-state index in [2.05, 4.69) is 30.4 Å². The molecule has 0 bridgehead atoms. The summed E-state index contributed by atoms with van der Waals surface area (Å²) in [7, 11) is 0. The molecular formula is C34H46N4O5. The Labute approximate surface area is 255 Å². The van der Waals surface area contributed by atoms with Gasteiger partial charge < -0.3 is 26.0 Å². The van der Waals surface area contributed by atoms with Gasteiger partial charge in [0.2, 0.25) is 11.8 Å². The van der Waals surface area contributed by atoms with E-state index in [9.17, 15) is 19.2 Å². The molecule has 0 aliphatic rings. The highest BCUT2D eigenvalue weighted by atomic mass is 16.6. The topological polar surface area (TPSA) is 131 Å². The Bertz CT molecular complexity index is 1320. The summed E-state index contributed by atoms with van der Waals surface area (Å²) in [4.78, 5) is 54.9. The fraction of sp³-hybridized carbons (Fsp3) is 0.471. The molecule has 2 aromatic carbocycles. The maximum Gasteiger partial charge on any atom is 0.408 e. The molecule has 2 aromatic rings. The number of primary amides is 1. The first kappa shape index (κ1) is 34.9. The first-order chi connectivity index (χ1) is 20.1. The summed E-state index contributed by atoms with van der Waals surface area (Å²) in [5.41, 5.74) is 6.96. The van der Waals surface area contributed by atoms with Crippen molar-refractivity contribution >= 4 is 29.5 Å². The number of carbonyl (C=O) groups is 4. The van der Waals surface area contributed by atoms with Crippen molar-refractivity contribution in [3.05, 3.63) is 65.2 Å². The number of terminal acetylenes is 1. The van der Waals surface area contributed by atoms with Crippen LogP contribution in [0.15, 0.2) is 48.5 Å². The van der Waals surface area contributed by atoms with Crippen LogP contribution in [0.3, 0.4) is 0 Å². The lowest BCUT2D eigenvalue weighted by atomic mass is 9.93. The van der Waals surface area contributed by atoms with Crippen LogP contribution < -0.4 is 16.4 Å². The van der Waals surface area contributed by atoms with Gasteiger partial charge in [-0.1, -0.05) is 56.2 Å². The predicted octanol–water partition coefficient (Wildman–Crippen LogP) is 5.47. The number of rotatable bonds is 13. The van der Waals surface area contributed by atoms with E-state index in [1.807, 2.05) is 32.0 Å². The van der Waals surface area contributed by atoms with E-state index in [4.69, 9.17) is 16.9 Å². The summed E-state index contributed by atoms with van der Waals surface area (Å²) >= 11 is 0. The second-order valence-electron chi connectivity index (χ2n) is 12.2. The summed E-state index contributed by atoms with van der Waals surface area (Å²) in [6.45, 7) is 13.0. The van der Waals surface area contributed by atoms with Crippen molar-refractivity contribution in [1.82, 2.24) is 10.2 Å². The zero-order valence-corrected chi connectivity index (χ0v) is 26.4. The van der Waals surface area contributed by atoms with Crippen molar-refractivity contribution in [2.45, 2.75) is 97.9 Å². The van der Waals surface area contributed by atoms with Gasteiger partial charge in [0, 0.05) is 23.7 Å². The number of hydrogen-bond acceptors (Lipinski definition) is 5. The normalized spacial score (nSPS) is 13.3. The Morgan fingerprint density at radius 3 is 2.19 bits per heavy atom. The second-order valence-corrected chi connectivity index (χ2v) is 12.2. The number of anilines is 1. The lowest BCUT2D eigenvalue weighted by Gasteiger charge is -2.39. The molecule has 0 radical (unpaired) electrons. The number of nitrogens with one attached hydrogen (secondary N) is 2. The highest BCUT2D eigenvalue weighted by Crippen LogP contribution is 2.31. The lowest BCUT2D eigenvalue weighted by Crippen LogP contribution is -2.55.